The van der Waals surface area contributed by atoms with Crippen LogP contribution >= 0.6 is 0 Å². The van der Waals surface area contributed by atoms with Gasteiger partial charge in [0.05, 0.1) is 29.5 Å². The lowest BCUT2D eigenvalue weighted by atomic mass is 9.98. The Kier molecular flexibility index (Phi) is 8.76. The van der Waals surface area contributed by atoms with Crippen molar-refractivity contribution in [1.29, 1.82) is 0 Å². The molecule has 202 valence electrons. The van der Waals surface area contributed by atoms with Crippen LogP contribution in [0.1, 0.15) is 67.7 Å². The summed E-state index contributed by atoms with van der Waals surface area (Å²) in [6, 6.07) is 17.2. The topological polar surface area (TPSA) is 106 Å². The summed E-state index contributed by atoms with van der Waals surface area (Å²) in [5.74, 6) is -1.90. The number of ketones is 1. The summed E-state index contributed by atoms with van der Waals surface area (Å²) in [5.41, 5.74) is 1.21. The van der Waals surface area contributed by atoms with Crippen LogP contribution in [0.4, 0.5) is 5.69 Å². The highest BCUT2D eigenvalue weighted by molar-refractivity contribution is 6.51. The Morgan fingerprint density at radius 3 is 2.44 bits per heavy atom. The molecule has 1 aromatic heterocycles. The van der Waals surface area contributed by atoms with Gasteiger partial charge in [-0.05, 0) is 74.9 Å². The lowest BCUT2D eigenvalue weighted by Crippen LogP contribution is -2.30. The van der Waals surface area contributed by atoms with Crippen LogP contribution in [0.2, 0.25) is 0 Å². The Bertz CT molecular complexity index is 1370. The van der Waals surface area contributed by atoms with Crippen LogP contribution in [0.5, 0.6) is 5.75 Å². The van der Waals surface area contributed by atoms with E-state index >= 15 is 0 Å². The number of carbonyl (C=O) groups excluding carboxylic acids is 3. The van der Waals surface area contributed by atoms with Crippen molar-refractivity contribution in [3.05, 3.63) is 95.3 Å². The fraction of sp³-hybridized carbons (Fsp3) is 0.290. The monoisotopic (exact) mass is 528 g/mol. The summed E-state index contributed by atoms with van der Waals surface area (Å²) >= 11 is 0. The third-order valence-corrected chi connectivity index (χ3v) is 6.26. The van der Waals surface area contributed by atoms with Gasteiger partial charge >= 0.3 is 5.97 Å². The molecule has 0 saturated carbocycles. The predicted molar refractivity (Wildman–Crippen MR) is 147 cm³/mol. The first-order valence-electron chi connectivity index (χ1n) is 13.1. The van der Waals surface area contributed by atoms with E-state index < -0.39 is 23.7 Å². The van der Waals surface area contributed by atoms with Gasteiger partial charge in [-0.15, -0.1) is 0 Å². The molecule has 0 radical (unpaired) electrons. The number of rotatable bonds is 10. The summed E-state index contributed by atoms with van der Waals surface area (Å²) in [7, 11) is 0. The first-order chi connectivity index (χ1) is 18.8. The SMILES string of the molecule is CCCCCOc1ccc(/C(O)=C2\C(=O)C(=O)N(c3cccc(C(=O)OC(C)C)c3)C2c2ccccn2)cc1. The van der Waals surface area contributed by atoms with Gasteiger partial charge in [0, 0.05) is 17.4 Å². The maximum atomic E-state index is 13.4. The number of aromatic nitrogens is 1. The number of aliphatic hydroxyl groups excluding tert-OH is 1. The van der Waals surface area contributed by atoms with E-state index in [1.165, 1.54) is 11.0 Å². The molecule has 1 atom stereocenters. The van der Waals surface area contributed by atoms with Gasteiger partial charge in [0.15, 0.2) is 0 Å². The zero-order valence-electron chi connectivity index (χ0n) is 22.3. The standard InChI is InChI=1S/C31H32N2O6/c1-4-5-8-18-38-24-15-13-21(14-16-24)28(34)26-27(25-12-6-7-17-32-25)33(30(36)29(26)35)23-11-9-10-22(19-23)31(37)39-20(2)3/h6-7,9-17,19-20,27,34H,4-5,8,18H2,1-3H3/b28-26+. The first-order valence-corrected chi connectivity index (χ1v) is 13.1. The predicted octanol–water partition coefficient (Wildman–Crippen LogP) is 5.84. The van der Waals surface area contributed by atoms with Crippen molar-refractivity contribution in [2.45, 2.75) is 52.2 Å². The van der Waals surface area contributed by atoms with Gasteiger partial charge in [-0.3, -0.25) is 19.5 Å². The van der Waals surface area contributed by atoms with Gasteiger partial charge in [-0.2, -0.15) is 0 Å². The van der Waals surface area contributed by atoms with Crippen molar-refractivity contribution >= 4 is 29.1 Å². The van der Waals surface area contributed by atoms with Gasteiger partial charge < -0.3 is 14.6 Å². The van der Waals surface area contributed by atoms with Crippen LogP contribution in [-0.4, -0.2) is 40.5 Å². The van der Waals surface area contributed by atoms with Gasteiger partial charge in [0.2, 0.25) is 0 Å². The van der Waals surface area contributed by atoms with Crippen molar-refractivity contribution < 1.29 is 29.0 Å². The number of anilines is 1. The first kappa shape index (κ1) is 27.6. The highest BCUT2D eigenvalue weighted by Crippen LogP contribution is 2.41. The molecule has 4 rings (SSSR count). The Balaban J connectivity index is 1.74. The van der Waals surface area contributed by atoms with E-state index in [-0.39, 0.29) is 23.0 Å². The number of amides is 1. The van der Waals surface area contributed by atoms with Crippen molar-refractivity contribution in [3.63, 3.8) is 0 Å². The molecule has 1 amide bonds. The second-order valence-corrected chi connectivity index (χ2v) is 9.51. The molecule has 39 heavy (non-hydrogen) atoms. The van der Waals surface area contributed by atoms with Crippen LogP contribution in [0.15, 0.2) is 78.5 Å². The minimum atomic E-state index is -1.01. The molecule has 2 heterocycles. The van der Waals surface area contributed by atoms with Crippen LogP contribution in [0, 0.1) is 0 Å². The van der Waals surface area contributed by atoms with E-state index in [0.717, 1.165) is 19.3 Å². The minimum Gasteiger partial charge on any atom is -0.507 e. The number of benzene rings is 2. The maximum absolute atomic E-state index is 13.4. The molecule has 0 spiro atoms. The molecule has 1 N–H and O–H groups in total. The Morgan fingerprint density at radius 1 is 1.00 bits per heavy atom. The molecular weight excluding hydrogens is 496 g/mol. The number of ether oxygens (including phenoxy) is 2. The zero-order valence-corrected chi connectivity index (χ0v) is 22.3. The largest absolute Gasteiger partial charge is 0.507 e. The number of unbranched alkanes of at least 4 members (excludes halogenated alkanes) is 2. The van der Waals surface area contributed by atoms with Crippen molar-refractivity contribution in [3.8, 4) is 5.75 Å². The average molecular weight is 529 g/mol. The third kappa shape index (κ3) is 6.17. The molecule has 8 heteroatoms. The summed E-state index contributed by atoms with van der Waals surface area (Å²) in [4.78, 5) is 44.9. The number of hydrogen-bond acceptors (Lipinski definition) is 7. The number of esters is 1. The summed E-state index contributed by atoms with van der Waals surface area (Å²) in [6.07, 6.45) is 4.35. The van der Waals surface area contributed by atoms with E-state index in [9.17, 15) is 19.5 Å². The molecule has 2 aromatic carbocycles. The molecule has 1 aliphatic heterocycles. The minimum absolute atomic E-state index is 0.0922. The summed E-state index contributed by atoms with van der Waals surface area (Å²) in [5, 5.41) is 11.3. The highest BCUT2D eigenvalue weighted by Gasteiger charge is 2.47. The Hall–Kier alpha value is -4.46. The summed E-state index contributed by atoms with van der Waals surface area (Å²) < 4.78 is 11.0. The van der Waals surface area contributed by atoms with Crippen molar-refractivity contribution in [2.24, 2.45) is 0 Å². The molecule has 0 aliphatic carbocycles. The van der Waals surface area contributed by atoms with Crippen LogP contribution < -0.4 is 9.64 Å². The van der Waals surface area contributed by atoms with Crippen LogP contribution in [0.3, 0.4) is 0 Å². The van der Waals surface area contributed by atoms with Crippen LogP contribution in [-0.2, 0) is 14.3 Å². The van der Waals surface area contributed by atoms with E-state index in [4.69, 9.17) is 9.47 Å². The fourth-order valence-corrected chi connectivity index (χ4v) is 4.39. The lowest BCUT2D eigenvalue weighted by Gasteiger charge is -2.25. The normalized spacial score (nSPS) is 16.5. The van der Waals surface area contributed by atoms with Gasteiger partial charge in [-0.25, -0.2) is 4.79 Å². The smallest absolute Gasteiger partial charge is 0.338 e. The van der Waals surface area contributed by atoms with Gasteiger partial charge in [0.1, 0.15) is 17.6 Å². The lowest BCUT2D eigenvalue weighted by molar-refractivity contribution is -0.132. The van der Waals surface area contributed by atoms with Crippen LogP contribution in [0.25, 0.3) is 5.76 Å². The number of pyridine rings is 1. The molecule has 1 aliphatic rings. The molecule has 3 aromatic rings. The van der Waals surface area contributed by atoms with Gasteiger partial charge in [-0.1, -0.05) is 31.9 Å². The average Bonchev–Trinajstić information content (AvgIpc) is 3.21. The molecular formula is C31H32N2O6. The number of carbonyl (C=O) groups is 3. The second-order valence-electron chi connectivity index (χ2n) is 9.51. The molecule has 0 bridgehead atoms. The van der Waals surface area contributed by atoms with E-state index in [0.29, 0.717) is 29.3 Å². The second kappa shape index (κ2) is 12.4. The van der Waals surface area contributed by atoms with E-state index in [1.54, 1.807) is 80.7 Å². The quantitative estimate of drug-likeness (QED) is 0.116. The Labute approximate surface area is 227 Å². The fourth-order valence-electron chi connectivity index (χ4n) is 4.39. The number of Topliss-reactive ketones (excluding diaryl/α,β-unsaturated/α-hetero) is 1. The number of nitrogens with zero attached hydrogens (tertiary/aromatic N) is 2. The Morgan fingerprint density at radius 2 is 1.77 bits per heavy atom. The van der Waals surface area contributed by atoms with Crippen molar-refractivity contribution in [1.82, 2.24) is 4.98 Å². The van der Waals surface area contributed by atoms with Gasteiger partial charge in [0.25, 0.3) is 11.7 Å². The maximum Gasteiger partial charge on any atom is 0.338 e. The molecule has 8 nitrogen and oxygen atoms in total. The molecule has 1 fully saturated rings. The molecule has 1 saturated heterocycles. The van der Waals surface area contributed by atoms with E-state index in [1.807, 2.05) is 0 Å². The summed E-state index contributed by atoms with van der Waals surface area (Å²) in [6.45, 7) is 6.20. The third-order valence-electron chi connectivity index (χ3n) is 6.26. The van der Waals surface area contributed by atoms with Crippen molar-refractivity contribution in [2.75, 3.05) is 11.5 Å². The zero-order chi connectivity index (χ0) is 27.9. The number of hydrogen-bond donors (Lipinski definition) is 1. The number of aliphatic hydroxyl groups is 1. The molecule has 1 unspecified atom stereocenters. The van der Waals surface area contributed by atoms with E-state index in [2.05, 4.69) is 11.9 Å². The highest BCUT2D eigenvalue weighted by atomic mass is 16.5.